The third-order valence-corrected chi connectivity index (χ3v) is 2.06. The molecule has 0 amide bonds. The van der Waals surface area contributed by atoms with E-state index in [0.29, 0.717) is 24.0 Å². The van der Waals surface area contributed by atoms with Gasteiger partial charge in [0.2, 0.25) is 5.88 Å². The lowest BCUT2D eigenvalue weighted by Crippen LogP contribution is -2.10. The fourth-order valence-corrected chi connectivity index (χ4v) is 1.38. The van der Waals surface area contributed by atoms with Crippen molar-refractivity contribution in [3.8, 4) is 5.88 Å². The maximum Gasteiger partial charge on any atom is 0.242 e. The van der Waals surface area contributed by atoms with Crippen LogP contribution in [0.25, 0.3) is 0 Å². The lowest BCUT2D eigenvalue weighted by molar-refractivity contribution is 0.327. The molecule has 3 N–H and O–H groups in total. The van der Waals surface area contributed by atoms with Crippen LogP contribution in [-0.4, -0.2) is 23.1 Å². The monoisotopic (exact) mass is 224 g/mol. The van der Waals surface area contributed by atoms with E-state index in [-0.39, 0.29) is 0 Å². The first-order valence-electron chi connectivity index (χ1n) is 5.75. The first-order valence-corrected chi connectivity index (χ1v) is 5.75. The summed E-state index contributed by atoms with van der Waals surface area (Å²) in [5.41, 5.74) is 6.40. The van der Waals surface area contributed by atoms with E-state index in [2.05, 4.69) is 22.2 Å². The third kappa shape index (κ3) is 2.98. The Morgan fingerprint density at radius 2 is 2.00 bits per heavy atom. The zero-order valence-electron chi connectivity index (χ0n) is 10.2. The van der Waals surface area contributed by atoms with E-state index in [1.165, 1.54) is 0 Å². The first-order chi connectivity index (χ1) is 7.72. The molecule has 0 atom stereocenters. The number of nitrogens with one attached hydrogen (secondary N) is 1. The summed E-state index contributed by atoms with van der Waals surface area (Å²) in [7, 11) is 0. The number of aryl methyl sites for hydroxylation is 1. The Morgan fingerprint density at radius 3 is 2.56 bits per heavy atom. The SMILES string of the molecule is CCCc1nc(NCC)c(N)c(OCC)n1. The third-order valence-electron chi connectivity index (χ3n) is 2.06. The molecule has 5 nitrogen and oxygen atoms in total. The Morgan fingerprint density at radius 1 is 1.25 bits per heavy atom. The van der Waals surface area contributed by atoms with E-state index in [9.17, 15) is 0 Å². The van der Waals surface area contributed by atoms with E-state index in [0.717, 1.165) is 25.2 Å². The molecule has 0 unspecified atom stereocenters. The van der Waals surface area contributed by atoms with Crippen LogP contribution in [0.2, 0.25) is 0 Å². The molecule has 0 bridgehead atoms. The number of hydrogen-bond acceptors (Lipinski definition) is 5. The summed E-state index contributed by atoms with van der Waals surface area (Å²) in [4.78, 5) is 8.66. The summed E-state index contributed by atoms with van der Waals surface area (Å²) in [5, 5.41) is 3.12. The highest BCUT2D eigenvalue weighted by atomic mass is 16.5. The molecule has 5 heteroatoms. The van der Waals surface area contributed by atoms with Gasteiger partial charge in [0.1, 0.15) is 11.5 Å². The van der Waals surface area contributed by atoms with Crippen molar-refractivity contribution in [2.45, 2.75) is 33.6 Å². The molecule has 0 fully saturated rings. The number of rotatable bonds is 6. The van der Waals surface area contributed by atoms with Gasteiger partial charge in [0, 0.05) is 13.0 Å². The number of ether oxygens (including phenoxy) is 1. The number of hydrogen-bond donors (Lipinski definition) is 2. The van der Waals surface area contributed by atoms with Crippen molar-refractivity contribution in [1.82, 2.24) is 9.97 Å². The van der Waals surface area contributed by atoms with Crippen molar-refractivity contribution in [3.63, 3.8) is 0 Å². The van der Waals surface area contributed by atoms with E-state index in [1.54, 1.807) is 0 Å². The number of aromatic nitrogens is 2. The number of nitrogens with two attached hydrogens (primary N) is 1. The van der Waals surface area contributed by atoms with Crippen LogP contribution in [0.4, 0.5) is 11.5 Å². The van der Waals surface area contributed by atoms with E-state index in [1.807, 2.05) is 13.8 Å². The van der Waals surface area contributed by atoms with Crippen molar-refractivity contribution < 1.29 is 4.74 Å². The van der Waals surface area contributed by atoms with Gasteiger partial charge in [-0.05, 0) is 20.3 Å². The van der Waals surface area contributed by atoms with Gasteiger partial charge in [-0.3, -0.25) is 0 Å². The zero-order valence-corrected chi connectivity index (χ0v) is 10.2. The molecule has 90 valence electrons. The topological polar surface area (TPSA) is 73.1 Å². The molecule has 1 aromatic rings. The maximum absolute atomic E-state index is 5.91. The minimum absolute atomic E-state index is 0.483. The maximum atomic E-state index is 5.91. The molecule has 0 aliphatic carbocycles. The van der Waals surface area contributed by atoms with Crippen LogP contribution in [-0.2, 0) is 6.42 Å². The second-order valence-corrected chi connectivity index (χ2v) is 3.42. The molecule has 0 spiro atoms. The van der Waals surface area contributed by atoms with Gasteiger partial charge in [-0.2, -0.15) is 4.98 Å². The number of nitrogen functional groups attached to an aromatic ring is 1. The van der Waals surface area contributed by atoms with Crippen molar-refractivity contribution in [2.75, 3.05) is 24.2 Å². The molecular formula is C11H20N4O. The fraction of sp³-hybridized carbons (Fsp3) is 0.636. The van der Waals surface area contributed by atoms with Gasteiger partial charge >= 0.3 is 0 Å². The standard InChI is InChI=1S/C11H20N4O/c1-4-7-8-14-10(13-5-2)9(12)11(15-8)16-6-3/h4-7,12H2,1-3H3,(H,13,14,15). The second kappa shape index (κ2) is 6.15. The van der Waals surface area contributed by atoms with Gasteiger partial charge in [-0.25, -0.2) is 4.98 Å². The summed E-state index contributed by atoms with van der Waals surface area (Å²) >= 11 is 0. The van der Waals surface area contributed by atoms with Gasteiger partial charge in [-0.15, -0.1) is 0 Å². The Bertz CT molecular complexity index is 314. The normalized spacial score (nSPS) is 10.2. The molecule has 0 aliphatic heterocycles. The van der Waals surface area contributed by atoms with Crippen molar-refractivity contribution >= 4 is 11.5 Å². The van der Waals surface area contributed by atoms with E-state index in [4.69, 9.17) is 10.5 Å². The highest BCUT2D eigenvalue weighted by molar-refractivity contribution is 5.66. The van der Waals surface area contributed by atoms with Crippen LogP contribution in [0, 0.1) is 0 Å². The molecule has 0 aromatic carbocycles. The Labute approximate surface area is 96.4 Å². The summed E-state index contributed by atoms with van der Waals surface area (Å²) in [6.07, 6.45) is 1.83. The van der Waals surface area contributed by atoms with Crippen LogP contribution >= 0.6 is 0 Å². The Kier molecular flexibility index (Phi) is 4.82. The largest absolute Gasteiger partial charge is 0.476 e. The smallest absolute Gasteiger partial charge is 0.242 e. The Balaban J connectivity index is 3.05. The highest BCUT2D eigenvalue weighted by Gasteiger charge is 2.11. The first kappa shape index (κ1) is 12.5. The molecule has 16 heavy (non-hydrogen) atoms. The quantitative estimate of drug-likeness (QED) is 0.771. The van der Waals surface area contributed by atoms with Gasteiger partial charge in [0.25, 0.3) is 0 Å². The molecule has 0 saturated heterocycles. The fourth-order valence-electron chi connectivity index (χ4n) is 1.38. The second-order valence-electron chi connectivity index (χ2n) is 3.42. The van der Waals surface area contributed by atoms with Crippen molar-refractivity contribution in [1.29, 1.82) is 0 Å². The zero-order chi connectivity index (χ0) is 12.0. The average molecular weight is 224 g/mol. The van der Waals surface area contributed by atoms with Crippen molar-refractivity contribution in [3.05, 3.63) is 5.82 Å². The minimum atomic E-state index is 0.483. The molecule has 1 rings (SSSR count). The molecular weight excluding hydrogens is 204 g/mol. The van der Waals surface area contributed by atoms with Crippen molar-refractivity contribution in [2.24, 2.45) is 0 Å². The average Bonchev–Trinajstić information content (AvgIpc) is 2.26. The number of nitrogens with zero attached hydrogens (tertiary/aromatic N) is 2. The molecule has 1 aromatic heterocycles. The molecule has 0 radical (unpaired) electrons. The molecule has 0 saturated carbocycles. The number of anilines is 2. The predicted molar refractivity (Wildman–Crippen MR) is 65.8 cm³/mol. The van der Waals surface area contributed by atoms with Gasteiger partial charge in [0.15, 0.2) is 5.82 Å². The van der Waals surface area contributed by atoms with Gasteiger partial charge < -0.3 is 15.8 Å². The predicted octanol–water partition coefficient (Wildman–Crippen LogP) is 1.84. The van der Waals surface area contributed by atoms with Crippen LogP contribution in [0.1, 0.15) is 33.0 Å². The van der Waals surface area contributed by atoms with Crippen LogP contribution in [0.5, 0.6) is 5.88 Å². The molecule has 0 aliphatic rings. The van der Waals surface area contributed by atoms with E-state index >= 15 is 0 Å². The van der Waals surface area contributed by atoms with Gasteiger partial charge in [-0.1, -0.05) is 6.92 Å². The highest BCUT2D eigenvalue weighted by Crippen LogP contribution is 2.26. The van der Waals surface area contributed by atoms with Crippen LogP contribution in [0.15, 0.2) is 0 Å². The van der Waals surface area contributed by atoms with E-state index < -0.39 is 0 Å². The lowest BCUT2D eigenvalue weighted by Gasteiger charge is -2.12. The Hall–Kier alpha value is -1.52. The molecule has 1 heterocycles. The lowest BCUT2D eigenvalue weighted by atomic mass is 10.3. The van der Waals surface area contributed by atoms with Crippen LogP contribution < -0.4 is 15.8 Å². The van der Waals surface area contributed by atoms with Crippen LogP contribution in [0.3, 0.4) is 0 Å². The summed E-state index contributed by atoms with van der Waals surface area (Å²) in [5.74, 6) is 1.93. The minimum Gasteiger partial charge on any atom is -0.476 e. The summed E-state index contributed by atoms with van der Waals surface area (Å²) in [6, 6.07) is 0. The van der Waals surface area contributed by atoms with Gasteiger partial charge in [0.05, 0.1) is 6.61 Å². The summed E-state index contributed by atoms with van der Waals surface area (Å²) < 4.78 is 5.39. The summed E-state index contributed by atoms with van der Waals surface area (Å²) in [6.45, 7) is 7.33.